The van der Waals surface area contributed by atoms with Gasteiger partial charge >= 0.3 is 0 Å². The van der Waals surface area contributed by atoms with Crippen molar-refractivity contribution in [3.63, 3.8) is 0 Å². The van der Waals surface area contributed by atoms with Gasteiger partial charge in [0.15, 0.2) is 4.77 Å². The van der Waals surface area contributed by atoms with Crippen molar-refractivity contribution in [1.29, 1.82) is 0 Å². The third-order valence-electron chi connectivity index (χ3n) is 3.19. The molecule has 5 heteroatoms. The van der Waals surface area contributed by atoms with Crippen molar-refractivity contribution in [3.05, 3.63) is 4.77 Å². The fraction of sp³-hybridized carbons (Fsp3) is 0.833. The van der Waals surface area contributed by atoms with Crippen LogP contribution in [0.25, 0.3) is 0 Å². The van der Waals surface area contributed by atoms with E-state index in [1.54, 1.807) is 0 Å². The van der Waals surface area contributed by atoms with E-state index in [4.69, 9.17) is 12.2 Å². The summed E-state index contributed by atoms with van der Waals surface area (Å²) in [5.41, 5.74) is 0. The van der Waals surface area contributed by atoms with Gasteiger partial charge in [-0.05, 0) is 38.9 Å². The van der Waals surface area contributed by atoms with Crippen molar-refractivity contribution >= 4 is 18.2 Å². The summed E-state index contributed by atoms with van der Waals surface area (Å²) in [7, 11) is 0. The van der Waals surface area contributed by atoms with Gasteiger partial charge in [-0.3, -0.25) is 4.57 Å². The van der Waals surface area contributed by atoms with Crippen LogP contribution in [0.5, 0.6) is 0 Å². The molecular weight excluding hydrogens is 232 g/mol. The first-order chi connectivity index (χ1) is 8.15. The Morgan fingerprint density at radius 2 is 2.12 bits per heavy atom. The molecule has 4 nitrogen and oxygen atoms in total. The Morgan fingerprint density at radius 1 is 1.41 bits per heavy atom. The molecule has 0 aliphatic heterocycles. The minimum Gasteiger partial charge on any atom is -0.338 e. The van der Waals surface area contributed by atoms with Gasteiger partial charge < -0.3 is 4.90 Å². The van der Waals surface area contributed by atoms with Crippen LogP contribution in [-0.2, 0) is 6.54 Å². The van der Waals surface area contributed by atoms with Gasteiger partial charge in [-0.1, -0.05) is 20.3 Å². The van der Waals surface area contributed by atoms with Crippen LogP contribution in [0.3, 0.4) is 0 Å². The first-order valence-electron chi connectivity index (χ1n) is 6.57. The Bertz CT molecular complexity index is 382. The summed E-state index contributed by atoms with van der Waals surface area (Å²) < 4.78 is 2.78. The fourth-order valence-electron chi connectivity index (χ4n) is 1.88. The SMILES string of the molecule is CCCCN(c1n[nH]c(=S)n1CC)C(C)CC. The zero-order chi connectivity index (χ0) is 12.8. The second kappa shape index (κ2) is 6.79. The molecule has 0 amide bonds. The van der Waals surface area contributed by atoms with Gasteiger partial charge in [0.05, 0.1) is 0 Å². The number of rotatable bonds is 7. The number of hydrogen-bond donors (Lipinski definition) is 1. The predicted molar refractivity (Wildman–Crippen MR) is 75.1 cm³/mol. The lowest BCUT2D eigenvalue weighted by Crippen LogP contribution is -2.35. The molecule has 0 aliphatic carbocycles. The molecule has 1 heterocycles. The van der Waals surface area contributed by atoms with Gasteiger partial charge in [-0.15, -0.1) is 5.10 Å². The zero-order valence-electron chi connectivity index (χ0n) is 11.4. The summed E-state index contributed by atoms with van der Waals surface area (Å²) in [6.07, 6.45) is 3.50. The molecule has 0 aliphatic rings. The topological polar surface area (TPSA) is 36.9 Å². The molecule has 98 valence electrons. The average Bonchev–Trinajstić information content (AvgIpc) is 2.70. The van der Waals surface area contributed by atoms with Crippen molar-refractivity contribution in [2.75, 3.05) is 11.4 Å². The highest BCUT2D eigenvalue weighted by Gasteiger charge is 2.18. The van der Waals surface area contributed by atoms with E-state index in [0.717, 1.165) is 25.5 Å². The summed E-state index contributed by atoms with van der Waals surface area (Å²) in [4.78, 5) is 2.36. The van der Waals surface area contributed by atoms with Crippen molar-refractivity contribution in [1.82, 2.24) is 14.8 Å². The maximum Gasteiger partial charge on any atom is 0.225 e. The lowest BCUT2D eigenvalue weighted by molar-refractivity contribution is 0.565. The van der Waals surface area contributed by atoms with E-state index in [2.05, 4.69) is 47.4 Å². The van der Waals surface area contributed by atoms with E-state index in [-0.39, 0.29) is 0 Å². The van der Waals surface area contributed by atoms with Crippen LogP contribution in [0.2, 0.25) is 0 Å². The van der Waals surface area contributed by atoms with E-state index in [1.165, 1.54) is 12.8 Å². The lowest BCUT2D eigenvalue weighted by atomic mass is 10.2. The summed E-state index contributed by atoms with van der Waals surface area (Å²) >= 11 is 5.24. The number of nitrogens with one attached hydrogen (secondary N) is 1. The van der Waals surface area contributed by atoms with E-state index < -0.39 is 0 Å². The van der Waals surface area contributed by atoms with Crippen molar-refractivity contribution in [2.45, 2.75) is 59.5 Å². The number of H-pyrrole nitrogens is 1. The molecule has 0 bridgehead atoms. The minimum atomic E-state index is 0.497. The van der Waals surface area contributed by atoms with Gasteiger partial charge in [-0.25, -0.2) is 5.10 Å². The lowest BCUT2D eigenvalue weighted by Gasteiger charge is -2.29. The number of unbranched alkanes of at least 4 members (excludes halogenated alkanes) is 1. The van der Waals surface area contributed by atoms with Gasteiger partial charge in [0, 0.05) is 19.1 Å². The Balaban J connectivity index is 2.98. The second-order valence-electron chi connectivity index (χ2n) is 4.38. The quantitative estimate of drug-likeness (QED) is 0.760. The van der Waals surface area contributed by atoms with Crippen molar-refractivity contribution in [3.8, 4) is 0 Å². The molecule has 17 heavy (non-hydrogen) atoms. The Morgan fingerprint density at radius 3 is 2.65 bits per heavy atom. The second-order valence-corrected chi connectivity index (χ2v) is 4.76. The highest BCUT2D eigenvalue weighted by atomic mass is 32.1. The number of aromatic nitrogens is 3. The summed E-state index contributed by atoms with van der Waals surface area (Å²) in [6.45, 7) is 10.7. The Labute approximate surface area is 109 Å². The predicted octanol–water partition coefficient (Wildman–Crippen LogP) is 3.37. The van der Waals surface area contributed by atoms with Crippen molar-refractivity contribution in [2.24, 2.45) is 0 Å². The average molecular weight is 256 g/mol. The first kappa shape index (κ1) is 14.2. The largest absolute Gasteiger partial charge is 0.338 e. The molecule has 1 N–H and O–H groups in total. The molecule has 0 spiro atoms. The summed E-state index contributed by atoms with van der Waals surface area (Å²) in [5, 5.41) is 7.28. The van der Waals surface area contributed by atoms with Crippen LogP contribution < -0.4 is 4.90 Å². The Kier molecular flexibility index (Phi) is 5.68. The third-order valence-corrected chi connectivity index (χ3v) is 3.50. The first-order valence-corrected chi connectivity index (χ1v) is 6.98. The molecule has 1 rings (SSSR count). The standard InChI is InChI=1S/C12H24N4S/c1-5-8-9-16(10(4)6-2)11-13-14-12(17)15(11)7-3/h10H,5-9H2,1-4H3,(H,14,17). The molecule has 1 aromatic heterocycles. The Hall–Kier alpha value is -0.840. The van der Waals surface area contributed by atoms with Gasteiger partial charge in [0.1, 0.15) is 0 Å². The van der Waals surface area contributed by atoms with Crippen LogP contribution in [0.4, 0.5) is 5.95 Å². The van der Waals surface area contributed by atoms with E-state index in [9.17, 15) is 0 Å². The molecule has 1 aromatic rings. The fourth-order valence-corrected chi connectivity index (χ4v) is 2.14. The van der Waals surface area contributed by atoms with Gasteiger partial charge in [0.25, 0.3) is 0 Å². The van der Waals surface area contributed by atoms with Gasteiger partial charge in [-0.2, -0.15) is 0 Å². The van der Waals surface area contributed by atoms with Crippen LogP contribution in [-0.4, -0.2) is 27.4 Å². The monoisotopic (exact) mass is 256 g/mol. The molecule has 0 fully saturated rings. The molecule has 0 saturated heterocycles. The highest BCUT2D eigenvalue weighted by molar-refractivity contribution is 7.71. The van der Waals surface area contributed by atoms with Crippen LogP contribution in [0, 0.1) is 4.77 Å². The normalized spacial score (nSPS) is 12.7. The van der Waals surface area contributed by atoms with Crippen LogP contribution in [0.1, 0.15) is 47.0 Å². The molecule has 0 saturated carbocycles. The van der Waals surface area contributed by atoms with E-state index in [0.29, 0.717) is 10.8 Å². The zero-order valence-corrected chi connectivity index (χ0v) is 12.2. The number of nitrogens with zero attached hydrogens (tertiary/aromatic N) is 3. The van der Waals surface area contributed by atoms with Gasteiger partial charge in [0.2, 0.25) is 5.95 Å². The van der Waals surface area contributed by atoms with Crippen molar-refractivity contribution < 1.29 is 0 Å². The maximum atomic E-state index is 5.24. The third kappa shape index (κ3) is 3.31. The smallest absolute Gasteiger partial charge is 0.225 e. The molecular formula is C12H24N4S. The molecule has 0 radical (unpaired) electrons. The molecule has 1 atom stereocenters. The van der Waals surface area contributed by atoms with E-state index >= 15 is 0 Å². The summed E-state index contributed by atoms with van der Waals surface area (Å²) in [5.74, 6) is 0.986. The maximum absolute atomic E-state index is 5.24. The molecule has 1 unspecified atom stereocenters. The molecule has 0 aromatic carbocycles. The number of anilines is 1. The number of hydrogen-bond acceptors (Lipinski definition) is 3. The van der Waals surface area contributed by atoms with Crippen LogP contribution in [0.15, 0.2) is 0 Å². The van der Waals surface area contributed by atoms with Crippen LogP contribution >= 0.6 is 12.2 Å². The highest BCUT2D eigenvalue weighted by Crippen LogP contribution is 2.17. The van der Waals surface area contributed by atoms with E-state index in [1.807, 2.05) is 0 Å². The summed E-state index contributed by atoms with van der Waals surface area (Å²) in [6, 6.07) is 0.497. The minimum absolute atomic E-state index is 0.497. The number of aromatic amines is 1.